The standard InChI is InChI=1S/C20H28FN3O3S/c1-27-12-6-11-24-18(14-22-20(24)28(2,25)26)15-23-10-4-3-9-19(23)16-7-5-8-17(21)13-16/h5,7-8,13-14,19H,3-4,6,9-12,15H2,1-2H3/t19-/m1/s1. The van der Waals surface area contributed by atoms with Gasteiger partial charge in [0.1, 0.15) is 5.82 Å². The predicted molar refractivity (Wildman–Crippen MR) is 105 cm³/mol. The molecule has 1 aliphatic heterocycles. The SMILES string of the molecule is COCCCn1c(CN2CCCC[C@@H]2c2cccc(F)c2)cnc1S(C)(=O)=O. The Morgan fingerprint density at radius 2 is 2.14 bits per heavy atom. The van der Waals surface area contributed by atoms with Gasteiger partial charge in [-0.25, -0.2) is 17.8 Å². The minimum Gasteiger partial charge on any atom is -0.385 e. The molecule has 0 unspecified atom stereocenters. The molecule has 0 aliphatic carbocycles. The average molecular weight is 410 g/mol. The maximum Gasteiger partial charge on any atom is 0.227 e. The van der Waals surface area contributed by atoms with E-state index < -0.39 is 9.84 Å². The van der Waals surface area contributed by atoms with Gasteiger partial charge in [-0.15, -0.1) is 0 Å². The van der Waals surface area contributed by atoms with Crippen LogP contribution in [-0.2, 0) is 27.7 Å². The summed E-state index contributed by atoms with van der Waals surface area (Å²) in [5.41, 5.74) is 1.83. The molecule has 1 aromatic heterocycles. The number of imidazole rings is 1. The first-order valence-electron chi connectivity index (χ1n) is 9.63. The monoisotopic (exact) mass is 409 g/mol. The van der Waals surface area contributed by atoms with Crippen molar-refractivity contribution >= 4 is 9.84 Å². The highest BCUT2D eigenvalue weighted by Crippen LogP contribution is 2.32. The van der Waals surface area contributed by atoms with E-state index in [0.717, 1.165) is 37.1 Å². The molecule has 0 amide bonds. The van der Waals surface area contributed by atoms with Crippen molar-refractivity contribution in [1.82, 2.24) is 14.5 Å². The van der Waals surface area contributed by atoms with Crippen molar-refractivity contribution in [1.29, 1.82) is 0 Å². The molecule has 0 bridgehead atoms. The predicted octanol–water partition coefficient (Wildman–Crippen LogP) is 3.19. The molecule has 1 fully saturated rings. The smallest absolute Gasteiger partial charge is 0.227 e. The first-order valence-corrected chi connectivity index (χ1v) is 11.5. The summed E-state index contributed by atoms with van der Waals surface area (Å²) in [6.07, 6.45) is 6.67. The van der Waals surface area contributed by atoms with Crippen LogP contribution in [0.1, 0.15) is 43.0 Å². The van der Waals surface area contributed by atoms with E-state index in [2.05, 4.69) is 9.88 Å². The number of benzene rings is 1. The number of sulfone groups is 1. The van der Waals surface area contributed by atoms with Gasteiger partial charge in [-0.2, -0.15) is 0 Å². The molecule has 0 radical (unpaired) electrons. The van der Waals surface area contributed by atoms with Crippen LogP contribution in [0.5, 0.6) is 0 Å². The fourth-order valence-corrected chi connectivity index (χ4v) is 4.75. The van der Waals surface area contributed by atoms with Gasteiger partial charge in [-0.05, 0) is 43.5 Å². The molecule has 28 heavy (non-hydrogen) atoms. The van der Waals surface area contributed by atoms with E-state index in [-0.39, 0.29) is 17.0 Å². The van der Waals surface area contributed by atoms with Gasteiger partial charge >= 0.3 is 0 Å². The normalized spacial score (nSPS) is 18.5. The Bertz CT molecular complexity index is 898. The number of hydrogen-bond donors (Lipinski definition) is 0. The van der Waals surface area contributed by atoms with Crippen molar-refractivity contribution in [3.05, 3.63) is 47.5 Å². The van der Waals surface area contributed by atoms with Crippen LogP contribution in [0.2, 0.25) is 0 Å². The molecule has 1 aliphatic rings. The largest absolute Gasteiger partial charge is 0.385 e. The van der Waals surface area contributed by atoms with E-state index in [4.69, 9.17) is 4.74 Å². The van der Waals surface area contributed by atoms with E-state index in [1.807, 2.05) is 6.07 Å². The van der Waals surface area contributed by atoms with Gasteiger partial charge in [-0.3, -0.25) is 4.90 Å². The summed E-state index contributed by atoms with van der Waals surface area (Å²) in [6.45, 7) is 2.55. The zero-order valence-electron chi connectivity index (χ0n) is 16.5. The third-order valence-corrected chi connectivity index (χ3v) is 6.16. The molecule has 1 atom stereocenters. The Balaban J connectivity index is 1.87. The van der Waals surface area contributed by atoms with Crippen LogP contribution in [-0.4, -0.2) is 49.4 Å². The first kappa shape index (κ1) is 21.0. The maximum atomic E-state index is 13.7. The van der Waals surface area contributed by atoms with E-state index in [0.29, 0.717) is 26.1 Å². The second-order valence-electron chi connectivity index (χ2n) is 7.34. The Kier molecular flexibility index (Phi) is 6.85. The molecule has 0 saturated carbocycles. The number of likely N-dealkylation sites (tertiary alicyclic amines) is 1. The number of nitrogens with zero attached hydrogens (tertiary/aromatic N) is 3. The number of piperidine rings is 1. The molecule has 6 nitrogen and oxygen atoms in total. The number of aromatic nitrogens is 2. The van der Waals surface area contributed by atoms with Gasteiger partial charge in [0, 0.05) is 39.1 Å². The summed E-state index contributed by atoms with van der Waals surface area (Å²) in [6, 6.07) is 6.88. The fraction of sp³-hybridized carbons (Fsp3) is 0.550. The highest BCUT2D eigenvalue weighted by atomic mass is 32.2. The van der Waals surface area contributed by atoms with Crippen molar-refractivity contribution in [3.8, 4) is 0 Å². The van der Waals surface area contributed by atoms with E-state index in [1.54, 1.807) is 30.0 Å². The summed E-state index contributed by atoms with van der Waals surface area (Å²) in [7, 11) is -1.79. The van der Waals surface area contributed by atoms with Gasteiger partial charge in [0.2, 0.25) is 15.0 Å². The summed E-state index contributed by atoms with van der Waals surface area (Å²) in [5.74, 6) is -0.230. The van der Waals surface area contributed by atoms with Crippen LogP contribution in [0, 0.1) is 5.82 Å². The van der Waals surface area contributed by atoms with Gasteiger partial charge in [0.15, 0.2) is 0 Å². The molecule has 8 heteroatoms. The number of rotatable bonds is 8. The van der Waals surface area contributed by atoms with Crippen LogP contribution in [0.3, 0.4) is 0 Å². The lowest BCUT2D eigenvalue weighted by Gasteiger charge is -2.36. The summed E-state index contributed by atoms with van der Waals surface area (Å²) < 4.78 is 44.9. The molecule has 0 spiro atoms. The first-order chi connectivity index (χ1) is 13.4. The van der Waals surface area contributed by atoms with Gasteiger partial charge in [0.05, 0.1) is 11.9 Å². The zero-order valence-corrected chi connectivity index (χ0v) is 17.3. The summed E-state index contributed by atoms with van der Waals surface area (Å²) in [4.78, 5) is 6.49. The molecule has 1 saturated heterocycles. The van der Waals surface area contributed by atoms with Crippen molar-refractivity contribution < 1.29 is 17.5 Å². The number of methoxy groups -OCH3 is 1. The van der Waals surface area contributed by atoms with Crippen molar-refractivity contribution in [2.45, 2.75) is 50.0 Å². The van der Waals surface area contributed by atoms with Crippen LogP contribution in [0.15, 0.2) is 35.6 Å². The van der Waals surface area contributed by atoms with E-state index in [9.17, 15) is 12.8 Å². The summed E-state index contributed by atoms with van der Waals surface area (Å²) >= 11 is 0. The quantitative estimate of drug-likeness (QED) is 0.627. The fourth-order valence-electron chi connectivity index (χ4n) is 3.90. The van der Waals surface area contributed by atoms with Crippen molar-refractivity contribution in [3.63, 3.8) is 0 Å². The van der Waals surface area contributed by atoms with Crippen LogP contribution >= 0.6 is 0 Å². The lowest BCUT2D eigenvalue weighted by molar-refractivity contribution is 0.135. The number of hydrogen-bond acceptors (Lipinski definition) is 5. The average Bonchev–Trinajstić information content (AvgIpc) is 3.05. The third-order valence-electron chi connectivity index (χ3n) is 5.18. The molecule has 2 aromatic rings. The van der Waals surface area contributed by atoms with E-state index >= 15 is 0 Å². The van der Waals surface area contributed by atoms with Crippen LogP contribution < -0.4 is 0 Å². The molecular weight excluding hydrogens is 381 g/mol. The molecule has 0 N–H and O–H groups in total. The van der Waals surface area contributed by atoms with Crippen molar-refractivity contribution in [2.24, 2.45) is 0 Å². The number of halogens is 1. The van der Waals surface area contributed by atoms with Gasteiger partial charge in [0.25, 0.3) is 0 Å². The number of ether oxygens (including phenoxy) is 1. The zero-order chi connectivity index (χ0) is 20.1. The molecule has 1 aromatic carbocycles. The Labute approximate surface area is 166 Å². The molecule has 3 rings (SSSR count). The second kappa shape index (κ2) is 9.15. The van der Waals surface area contributed by atoms with Crippen LogP contribution in [0.4, 0.5) is 4.39 Å². The summed E-state index contributed by atoms with van der Waals surface area (Å²) in [5, 5.41) is 0.0953. The van der Waals surface area contributed by atoms with Gasteiger partial charge in [-0.1, -0.05) is 18.6 Å². The van der Waals surface area contributed by atoms with Crippen LogP contribution in [0.25, 0.3) is 0 Å². The third kappa shape index (κ3) is 4.98. The molecular formula is C20H28FN3O3S. The Morgan fingerprint density at radius 3 is 2.86 bits per heavy atom. The van der Waals surface area contributed by atoms with Gasteiger partial charge < -0.3 is 9.30 Å². The Morgan fingerprint density at radius 1 is 1.32 bits per heavy atom. The van der Waals surface area contributed by atoms with E-state index in [1.165, 1.54) is 12.3 Å². The maximum absolute atomic E-state index is 13.7. The van der Waals surface area contributed by atoms with Crippen molar-refractivity contribution in [2.75, 3.05) is 26.5 Å². The molecule has 2 heterocycles. The highest BCUT2D eigenvalue weighted by molar-refractivity contribution is 7.90. The lowest BCUT2D eigenvalue weighted by Crippen LogP contribution is -2.33. The topological polar surface area (TPSA) is 64.4 Å². The minimum absolute atomic E-state index is 0.0953. The lowest BCUT2D eigenvalue weighted by atomic mass is 9.95. The molecule has 154 valence electrons. The Hall–Kier alpha value is -1.77. The minimum atomic E-state index is -3.42. The highest BCUT2D eigenvalue weighted by Gasteiger charge is 2.27. The second-order valence-corrected chi connectivity index (χ2v) is 9.25.